The van der Waals surface area contributed by atoms with E-state index in [1.165, 1.54) is 25.8 Å². The lowest BCUT2D eigenvalue weighted by atomic mass is 10.0. The maximum atomic E-state index is 12.2. The van der Waals surface area contributed by atoms with Gasteiger partial charge in [0.05, 0.1) is 19.3 Å². The van der Waals surface area contributed by atoms with E-state index in [2.05, 4.69) is 0 Å². The monoisotopic (exact) mass is 244 g/mol. The molecule has 0 saturated carbocycles. The van der Waals surface area contributed by atoms with Crippen molar-refractivity contribution in [2.24, 2.45) is 0 Å². The summed E-state index contributed by atoms with van der Waals surface area (Å²) in [5.74, 6) is -1.02. The maximum Gasteiger partial charge on any atom is 0.329 e. The fourth-order valence-electron chi connectivity index (χ4n) is 1.59. The number of aliphatic carboxylic acids is 1. The summed E-state index contributed by atoms with van der Waals surface area (Å²) in [6.45, 7) is 6.40. The van der Waals surface area contributed by atoms with Crippen molar-refractivity contribution < 1.29 is 19.4 Å². The zero-order valence-electron chi connectivity index (χ0n) is 10.8. The molecule has 98 valence electrons. The van der Waals surface area contributed by atoms with Crippen LogP contribution < -0.4 is 0 Å². The Morgan fingerprint density at radius 3 is 2.53 bits per heavy atom. The normalized spacial score (nSPS) is 21.2. The summed E-state index contributed by atoms with van der Waals surface area (Å²) >= 11 is 0. The fraction of sp³-hybridized carbons (Fsp3) is 0.818. The first-order valence-corrected chi connectivity index (χ1v) is 5.64. The van der Waals surface area contributed by atoms with Gasteiger partial charge in [0.15, 0.2) is 0 Å². The quantitative estimate of drug-likeness (QED) is 0.773. The number of carbonyl (C=O) groups is 2. The Kier molecular flexibility index (Phi) is 3.98. The van der Waals surface area contributed by atoms with Crippen molar-refractivity contribution in [3.05, 3.63) is 0 Å². The van der Waals surface area contributed by atoms with Crippen LogP contribution in [0.3, 0.4) is 0 Å². The molecule has 2 amide bonds. The summed E-state index contributed by atoms with van der Waals surface area (Å²) in [5, 5.41) is 9.09. The van der Waals surface area contributed by atoms with E-state index in [4.69, 9.17) is 9.84 Å². The van der Waals surface area contributed by atoms with Gasteiger partial charge in [-0.15, -0.1) is 0 Å². The van der Waals surface area contributed by atoms with Crippen LogP contribution in [0.25, 0.3) is 0 Å². The molecule has 1 N–H and O–H groups in total. The minimum atomic E-state index is -1.21. The van der Waals surface area contributed by atoms with E-state index in [9.17, 15) is 9.59 Å². The first-order chi connectivity index (χ1) is 7.78. The summed E-state index contributed by atoms with van der Waals surface area (Å²) in [7, 11) is 1.51. The number of morpholine rings is 1. The molecule has 1 heterocycles. The molecule has 1 aliphatic heterocycles. The SMILES string of the molecule is CC1COCCN1C(=O)N(C)C(C)(C)C(=O)O. The van der Waals surface area contributed by atoms with E-state index in [1.807, 2.05) is 6.92 Å². The second-order valence-electron chi connectivity index (χ2n) is 4.82. The summed E-state index contributed by atoms with van der Waals surface area (Å²) in [6, 6.07) is -0.295. The number of nitrogens with zero attached hydrogens (tertiary/aromatic N) is 2. The van der Waals surface area contributed by atoms with Crippen molar-refractivity contribution in [3.63, 3.8) is 0 Å². The topological polar surface area (TPSA) is 70.1 Å². The Balaban J connectivity index is 2.78. The standard InChI is InChI=1S/C11H20N2O4/c1-8-7-17-6-5-13(8)10(16)12(4)11(2,3)9(14)15/h8H,5-7H2,1-4H3,(H,14,15). The molecule has 0 bridgehead atoms. The van der Waals surface area contributed by atoms with Crippen LogP contribution in [0.15, 0.2) is 0 Å². The van der Waals surface area contributed by atoms with Gasteiger partial charge in [0.1, 0.15) is 5.54 Å². The number of ether oxygens (including phenoxy) is 1. The van der Waals surface area contributed by atoms with E-state index in [0.29, 0.717) is 19.8 Å². The molecule has 17 heavy (non-hydrogen) atoms. The Labute approximate surface area is 101 Å². The molecule has 0 aromatic rings. The number of carboxylic acids is 1. The minimum absolute atomic E-state index is 0.0247. The number of hydrogen-bond donors (Lipinski definition) is 1. The molecule has 0 aromatic carbocycles. The van der Waals surface area contributed by atoms with Gasteiger partial charge in [-0.25, -0.2) is 9.59 Å². The van der Waals surface area contributed by atoms with Gasteiger partial charge in [-0.2, -0.15) is 0 Å². The second-order valence-corrected chi connectivity index (χ2v) is 4.82. The second kappa shape index (κ2) is 4.91. The highest BCUT2D eigenvalue weighted by molar-refractivity contribution is 5.85. The number of urea groups is 1. The minimum Gasteiger partial charge on any atom is -0.480 e. The Morgan fingerprint density at radius 2 is 2.06 bits per heavy atom. The predicted molar refractivity (Wildman–Crippen MR) is 61.9 cm³/mol. The van der Waals surface area contributed by atoms with Crippen molar-refractivity contribution in [1.82, 2.24) is 9.80 Å². The van der Waals surface area contributed by atoms with Gasteiger partial charge in [0.2, 0.25) is 0 Å². The van der Waals surface area contributed by atoms with Gasteiger partial charge >= 0.3 is 12.0 Å². The first-order valence-electron chi connectivity index (χ1n) is 5.64. The smallest absolute Gasteiger partial charge is 0.329 e. The third-order valence-corrected chi connectivity index (χ3v) is 3.26. The van der Waals surface area contributed by atoms with Crippen molar-refractivity contribution >= 4 is 12.0 Å². The van der Waals surface area contributed by atoms with E-state index in [-0.39, 0.29) is 12.1 Å². The Bertz CT molecular complexity index is 317. The van der Waals surface area contributed by atoms with Crippen LogP contribution in [0.1, 0.15) is 20.8 Å². The van der Waals surface area contributed by atoms with Crippen LogP contribution in [-0.4, -0.2) is 65.3 Å². The molecular weight excluding hydrogens is 224 g/mol. The van der Waals surface area contributed by atoms with E-state index < -0.39 is 11.5 Å². The van der Waals surface area contributed by atoms with Gasteiger partial charge < -0.3 is 19.6 Å². The summed E-state index contributed by atoms with van der Waals surface area (Å²) in [5.41, 5.74) is -1.21. The van der Waals surface area contributed by atoms with Gasteiger partial charge in [-0.1, -0.05) is 0 Å². The lowest BCUT2D eigenvalue weighted by Crippen LogP contribution is -2.58. The Morgan fingerprint density at radius 1 is 1.47 bits per heavy atom. The van der Waals surface area contributed by atoms with Gasteiger partial charge in [-0.05, 0) is 20.8 Å². The van der Waals surface area contributed by atoms with E-state index in [0.717, 1.165) is 0 Å². The van der Waals surface area contributed by atoms with E-state index in [1.54, 1.807) is 4.90 Å². The zero-order valence-corrected chi connectivity index (χ0v) is 10.8. The predicted octanol–water partition coefficient (Wildman–Crippen LogP) is 0.622. The molecule has 1 atom stereocenters. The van der Waals surface area contributed by atoms with Crippen LogP contribution in [-0.2, 0) is 9.53 Å². The number of likely N-dealkylation sites (N-methyl/N-ethyl adjacent to an activating group) is 1. The Hall–Kier alpha value is -1.30. The summed E-state index contributed by atoms with van der Waals surface area (Å²) < 4.78 is 5.25. The van der Waals surface area contributed by atoms with Crippen molar-refractivity contribution in [3.8, 4) is 0 Å². The van der Waals surface area contributed by atoms with Gasteiger partial charge in [0, 0.05) is 13.6 Å². The lowest BCUT2D eigenvalue weighted by molar-refractivity contribution is -0.147. The molecule has 1 aliphatic rings. The molecule has 0 aromatic heterocycles. The number of hydrogen-bond acceptors (Lipinski definition) is 3. The number of carboxylic acid groups (broad SMARTS) is 1. The average Bonchev–Trinajstić information content (AvgIpc) is 2.27. The molecule has 1 rings (SSSR count). The molecular formula is C11H20N2O4. The molecule has 1 fully saturated rings. The number of rotatable bonds is 2. The molecule has 1 saturated heterocycles. The third-order valence-electron chi connectivity index (χ3n) is 3.26. The fourth-order valence-corrected chi connectivity index (χ4v) is 1.59. The number of amides is 2. The highest BCUT2D eigenvalue weighted by atomic mass is 16.5. The van der Waals surface area contributed by atoms with Crippen LogP contribution in [0.4, 0.5) is 4.79 Å². The van der Waals surface area contributed by atoms with Gasteiger partial charge in [0.25, 0.3) is 0 Å². The molecule has 6 heteroatoms. The first kappa shape index (κ1) is 13.8. The largest absolute Gasteiger partial charge is 0.480 e. The molecule has 0 radical (unpaired) electrons. The van der Waals surface area contributed by atoms with E-state index >= 15 is 0 Å². The molecule has 6 nitrogen and oxygen atoms in total. The van der Waals surface area contributed by atoms with Crippen LogP contribution in [0.5, 0.6) is 0 Å². The van der Waals surface area contributed by atoms with Crippen molar-refractivity contribution in [1.29, 1.82) is 0 Å². The average molecular weight is 244 g/mol. The van der Waals surface area contributed by atoms with Crippen LogP contribution >= 0.6 is 0 Å². The lowest BCUT2D eigenvalue weighted by Gasteiger charge is -2.40. The van der Waals surface area contributed by atoms with Crippen LogP contribution in [0.2, 0.25) is 0 Å². The molecule has 0 spiro atoms. The van der Waals surface area contributed by atoms with Crippen molar-refractivity contribution in [2.75, 3.05) is 26.8 Å². The summed E-state index contributed by atoms with van der Waals surface area (Å²) in [6.07, 6.45) is 0. The molecule has 0 aliphatic carbocycles. The highest BCUT2D eigenvalue weighted by Gasteiger charge is 2.38. The van der Waals surface area contributed by atoms with Crippen LogP contribution in [0, 0.1) is 0 Å². The zero-order chi connectivity index (χ0) is 13.2. The highest BCUT2D eigenvalue weighted by Crippen LogP contribution is 2.17. The van der Waals surface area contributed by atoms with Gasteiger partial charge in [-0.3, -0.25) is 0 Å². The third kappa shape index (κ3) is 2.69. The summed E-state index contributed by atoms with van der Waals surface area (Å²) in [4.78, 5) is 26.2. The van der Waals surface area contributed by atoms with Crippen molar-refractivity contribution in [2.45, 2.75) is 32.4 Å². The number of carbonyl (C=O) groups excluding carboxylic acids is 1. The maximum absolute atomic E-state index is 12.2. The molecule has 1 unspecified atom stereocenters.